The van der Waals surface area contributed by atoms with Crippen molar-refractivity contribution < 1.29 is 9.53 Å². The van der Waals surface area contributed by atoms with Crippen LogP contribution in [0.15, 0.2) is 54.7 Å². The standard InChI is InChI=1S/C21H21ClN2O2/c1-14(2)5-12-20(25)24-21-17-4-3-13-23-18(17)10-11-19(21)26-16-8-6-15(22)7-9-16/h3-4,6-11,13-14H,5,12H2,1-2H3,(H,24,25). The summed E-state index contributed by atoms with van der Waals surface area (Å²) in [7, 11) is 0. The molecule has 0 spiro atoms. The van der Waals surface area contributed by atoms with Gasteiger partial charge in [0.25, 0.3) is 0 Å². The van der Waals surface area contributed by atoms with Crippen LogP contribution in [0.5, 0.6) is 11.5 Å². The molecular weight excluding hydrogens is 348 g/mol. The molecule has 1 heterocycles. The maximum atomic E-state index is 12.4. The van der Waals surface area contributed by atoms with Gasteiger partial charge in [0.2, 0.25) is 5.91 Å². The summed E-state index contributed by atoms with van der Waals surface area (Å²) in [6.07, 6.45) is 3.03. The van der Waals surface area contributed by atoms with E-state index in [0.717, 1.165) is 17.3 Å². The van der Waals surface area contributed by atoms with Gasteiger partial charge in [-0.15, -0.1) is 0 Å². The SMILES string of the molecule is CC(C)CCC(=O)Nc1c(Oc2ccc(Cl)cc2)ccc2ncccc12. The number of benzene rings is 2. The Bertz CT molecular complexity index is 908. The number of amides is 1. The summed E-state index contributed by atoms with van der Waals surface area (Å²) in [6.45, 7) is 4.20. The maximum Gasteiger partial charge on any atom is 0.224 e. The summed E-state index contributed by atoms with van der Waals surface area (Å²) in [6, 6.07) is 14.6. The van der Waals surface area contributed by atoms with Gasteiger partial charge in [-0.2, -0.15) is 0 Å². The van der Waals surface area contributed by atoms with Gasteiger partial charge >= 0.3 is 0 Å². The number of ether oxygens (including phenoxy) is 1. The van der Waals surface area contributed by atoms with E-state index in [2.05, 4.69) is 24.1 Å². The zero-order valence-electron chi connectivity index (χ0n) is 14.8. The highest BCUT2D eigenvalue weighted by Gasteiger charge is 2.14. The molecule has 0 bridgehead atoms. The van der Waals surface area contributed by atoms with E-state index in [1.165, 1.54) is 0 Å². The molecule has 3 rings (SSSR count). The lowest BCUT2D eigenvalue weighted by Gasteiger charge is -2.15. The molecule has 26 heavy (non-hydrogen) atoms. The number of hydrogen-bond acceptors (Lipinski definition) is 3. The van der Waals surface area contributed by atoms with Gasteiger partial charge in [-0.1, -0.05) is 25.4 Å². The number of halogens is 1. The highest BCUT2D eigenvalue weighted by Crippen LogP contribution is 2.36. The van der Waals surface area contributed by atoms with Crippen molar-refractivity contribution in [2.75, 3.05) is 5.32 Å². The minimum atomic E-state index is -0.0315. The van der Waals surface area contributed by atoms with Crippen molar-refractivity contribution in [3.8, 4) is 11.5 Å². The first kappa shape index (κ1) is 18.2. The number of carbonyl (C=O) groups is 1. The Morgan fingerprint density at radius 3 is 2.65 bits per heavy atom. The zero-order chi connectivity index (χ0) is 18.5. The predicted molar refractivity (Wildman–Crippen MR) is 106 cm³/mol. The van der Waals surface area contributed by atoms with Crippen molar-refractivity contribution in [3.05, 3.63) is 59.8 Å². The summed E-state index contributed by atoms with van der Waals surface area (Å²) in [5.74, 6) is 1.66. The predicted octanol–water partition coefficient (Wildman–Crippen LogP) is 6.06. The molecule has 0 aliphatic heterocycles. The van der Waals surface area contributed by atoms with Crippen LogP contribution in [0.2, 0.25) is 5.02 Å². The molecule has 1 aromatic heterocycles. The lowest BCUT2D eigenvalue weighted by molar-refractivity contribution is -0.116. The first-order valence-electron chi connectivity index (χ1n) is 8.64. The number of pyridine rings is 1. The third-order valence-electron chi connectivity index (χ3n) is 4.00. The maximum absolute atomic E-state index is 12.4. The Labute approximate surface area is 158 Å². The van der Waals surface area contributed by atoms with Gasteiger partial charge in [0, 0.05) is 23.0 Å². The fourth-order valence-corrected chi connectivity index (χ4v) is 2.72. The number of hydrogen-bond donors (Lipinski definition) is 1. The molecule has 1 N–H and O–H groups in total. The molecule has 0 radical (unpaired) electrons. The highest BCUT2D eigenvalue weighted by atomic mass is 35.5. The molecule has 4 nitrogen and oxygen atoms in total. The van der Waals surface area contributed by atoms with Crippen LogP contribution in [-0.2, 0) is 4.79 Å². The Morgan fingerprint density at radius 1 is 1.15 bits per heavy atom. The second-order valence-corrected chi connectivity index (χ2v) is 6.98. The van der Waals surface area contributed by atoms with E-state index < -0.39 is 0 Å². The Hall–Kier alpha value is -2.59. The second-order valence-electron chi connectivity index (χ2n) is 6.55. The van der Waals surface area contributed by atoms with Crippen molar-refractivity contribution in [2.24, 2.45) is 5.92 Å². The minimum absolute atomic E-state index is 0.0315. The number of anilines is 1. The van der Waals surface area contributed by atoms with Crippen molar-refractivity contribution >= 4 is 34.1 Å². The summed E-state index contributed by atoms with van der Waals surface area (Å²) in [5.41, 5.74) is 1.44. The van der Waals surface area contributed by atoms with Gasteiger partial charge in [0.15, 0.2) is 5.75 Å². The summed E-state index contributed by atoms with van der Waals surface area (Å²) < 4.78 is 6.00. The third-order valence-corrected chi connectivity index (χ3v) is 4.25. The van der Waals surface area contributed by atoms with E-state index in [4.69, 9.17) is 16.3 Å². The topological polar surface area (TPSA) is 51.2 Å². The highest BCUT2D eigenvalue weighted by molar-refractivity contribution is 6.30. The first-order valence-corrected chi connectivity index (χ1v) is 9.02. The number of fused-ring (bicyclic) bond motifs is 1. The van der Waals surface area contributed by atoms with E-state index >= 15 is 0 Å². The number of aromatic nitrogens is 1. The van der Waals surface area contributed by atoms with Gasteiger partial charge in [0.05, 0.1) is 11.2 Å². The fraction of sp³-hybridized carbons (Fsp3) is 0.238. The van der Waals surface area contributed by atoms with Crippen LogP contribution in [0.3, 0.4) is 0 Å². The molecule has 0 aliphatic carbocycles. The van der Waals surface area contributed by atoms with Crippen molar-refractivity contribution in [1.82, 2.24) is 4.98 Å². The van der Waals surface area contributed by atoms with Crippen LogP contribution in [-0.4, -0.2) is 10.9 Å². The van der Waals surface area contributed by atoms with E-state index in [1.807, 2.05) is 24.3 Å². The average molecular weight is 369 g/mol. The lowest BCUT2D eigenvalue weighted by atomic mass is 10.1. The molecule has 0 atom stereocenters. The van der Waals surface area contributed by atoms with Crippen molar-refractivity contribution in [1.29, 1.82) is 0 Å². The molecule has 3 aromatic rings. The Kier molecular flexibility index (Phi) is 5.74. The molecule has 0 aliphatic rings. The molecule has 5 heteroatoms. The van der Waals surface area contributed by atoms with E-state index in [-0.39, 0.29) is 5.91 Å². The van der Waals surface area contributed by atoms with Gasteiger partial charge in [-0.3, -0.25) is 9.78 Å². The molecule has 2 aromatic carbocycles. The van der Waals surface area contributed by atoms with E-state index in [9.17, 15) is 4.79 Å². The van der Waals surface area contributed by atoms with Gasteiger partial charge < -0.3 is 10.1 Å². The van der Waals surface area contributed by atoms with Crippen LogP contribution in [0.25, 0.3) is 10.9 Å². The normalized spacial score (nSPS) is 10.9. The van der Waals surface area contributed by atoms with Crippen LogP contribution < -0.4 is 10.1 Å². The van der Waals surface area contributed by atoms with Crippen LogP contribution in [0.4, 0.5) is 5.69 Å². The molecule has 0 saturated carbocycles. The largest absolute Gasteiger partial charge is 0.455 e. The van der Waals surface area contributed by atoms with Crippen LogP contribution in [0.1, 0.15) is 26.7 Å². The molecular formula is C21H21ClN2O2. The molecule has 134 valence electrons. The van der Waals surface area contributed by atoms with E-state index in [1.54, 1.807) is 30.5 Å². The average Bonchev–Trinajstić information content (AvgIpc) is 2.63. The lowest BCUT2D eigenvalue weighted by Crippen LogP contribution is -2.13. The monoisotopic (exact) mass is 368 g/mol. The fourth-order valence-electron chi connectivity index (χ4n) is 2.60. The van der Waals surface area contributed by atoms with Crippen molar-refractivity contribution in [2.45, 2.75) is 26.7 Å². The quantitative estimate of drug-likeness (QED) is 0.575. The number of carbonyl (C=O) groups excluding carboxylic acids is 1. The van der Waals surface area contributed by atoms with Gasteiger partial charge in [-0.05, 0) is 60.9 Å². The molecule has 0 fully saturated rings. The molecule has 0 unspecified atom stereocenters. The summed E-state index contributed by atoms with van der Waals surface area (Å²) in [5, 5.41) is 4.50. The molecule has 0 saturated heterocycles. The Morgan fingerprint density at radius 2 is 1.92 bits per heavy atom. The van der Waals surface area contributed by atoms with Gasteiger partial charge in [-0.25, -0.2) is 0 Å². The third kappa shape index (κ3) is 4.52. The summed E-state index contributed by atoms with van der Waals surface area (Å²) in [4.78, 5) is 16.8. The zero-order valence-corrected chi connectivity index (χ0v) is 15.6. The van der Waals surface area contributed by atoms with Crippen LogP contribution >= 0.6 is 11.6 Å². The van der Waals surface area contributed by atoms with Crippen LogP contribution in [0, 0.1) is 5.92 Å². The van der Waals surface area contributed by atoms with E-state index in [0.29, 0.717) is 34.5 Å². The smallest absolute Gasteiger partial charge is 0.224 e. The molecule has 1 amide bonds. The van der Waals surface area contributed by atoms with Gasteiger partial charge in [0.1, 0.15) is 5.75 Å². The number of nitrogens with one attached hydrogen (secondary N) is 1. The number of nitrogens with zero attached hydrogens (tertiary/aromatic N) is 1. The second kappa shape index (κ2) is 8.19. The first-order chi connectivity index (χ1) is 12.5. The van der Waals surface area contributed by atoms with Crippen molar-refractivity contribution in [3.63, 3.8) is 0 Å². The Balaban J connectivity index is 1.94. The number of rotatable bonds is 6. The minimum Gasteiger partial charge on any atom is -0.455 e. The summed E-state index contributed by atoms with van der Waals surface area (Å²) >= 11 is 5.93.